The van der Waals surface area contributed by atoms with Gasteiger partial charge in [-0.25, -0.2) is 18.4 Å². The fourth-order valence-electron chi connectivity index (χ4n) is 2.38. The van der Waals surface area contributed by atoms with Gasteiger partial charge in [-0.3, -0.25) is 0 Å². The van der Waals surface area contributed by atoms with Crippen molar-refractivity contribution in [1.82, 2.24) is 20.1 Å². The van der Waals surface area contributed by atoms with E-state index in [1.165, 1.54) is 18.5 Å². The number of nitrogens with one attached hydrogen (secondary N) is 1. The molecule has 1 aromatic carbocycles. The van der Waals surface area contributed by atoms with Gasteiger partial charge in [-0.2, -0.15) is 5.10 Å². The lowest BCUT2D eigenvalue weighted by molar-refractivity contribution is 0.451. The first-order valence-corrected chi connectivity index (χ1v) is 6.95. The monoisotopic (exact) mass is 294 g/mol. The number of benzene rings is 1. The average Bonchev–Trinajstić information content (AvgIpc) is 2.90. The fourth-order valence-corrected chi connectivity index (χ4v) is 2.38. The van der Waals surface area contributed by atoms with Gasteiger partial charge in [0.1, 0.15) is 23.8 Å². The molecule has 1 heterocycles. The van der Waals surface area contributed by atoms with Crippen LogP contribution in [0.5, 0.6) is 0 Å². The highest BCUT2D eigenvalue weighted by atomic mass is 19.1. The lowest BCUT2D eigenvalue weighted by Gasteiger charge is -2.19. The molecule has 114 valence electrons. The zero-order valence-electron chi connectivity index (χ0n) is 12.7. The third-order valence-corrected chi connectivity index (χ3v) is 3.54. The van der Waals surface area contributed by atoms with Crippen molar-refractivity contribution < 1.29 is 8.78 Å². The summed E-state index contributed by atoms with van der Waals surface area (Å²) >= 11 is 0. The number of rotatable bonds is 5. The van der Waals surface area contributed by atoms with Crippen molar-refractivity contribution in [3.05, 3.63) is 47.0 Å². The number of hydrogen-bond donors (Lipinski definition) is 1. The Kier molecular flexibility index (Phi) is 4.67. The van der Waals surface area contributed by atoms with Crippen molar-refractivity contribution in [2.75, 3.05) is 7.05 Å². The summed E-state index contributed by atoms with van der Waals surface area (Å²) in [5, 5.41) is 7.12. The fraction of sp³-hybridized carbons (Fsp3) is 0.467. The molecule has 0 fully saturated rings. The van der Waals surface area contributed by atoms with Gasteiger partial charge in [0.2, 0.25) is 0 Å². The standard InChI is InChI=1S/C15H20F2N4/c1-9(2)21-13(19-8-20-21)7-12(18-4)14-11(16)6-5-10(3)15(14)17/h5-6,8-9,12,18H,7H2,1-4H3. The molecule has 0 spiro atoms. The Balaban J connectivity index is 2.37. The topological polar surface area (TPSA) is 42.7 Å². The zero-order valence-corrected chi connectivity index (χ0v) is 12.7. The molecule has 1 aromatic heterocycles. The summed E-state index contributed by atoms with van der Waals surface area (Å²) in [6.07, 6.45) is 1.83. The van der Waals surface area contributed by atoms with Gasteiger partial charge >= 0.3 is 0 Å². The molecule has 2 rings (SSSR count). The maximum Gasteiger partial charge on any atom is 0.138 e. The van der Waals surface area contributed by atoms with Crippen molar-refractivity contribution in [1.29, 1.82) is 0 Å². The van der Waals surface area contributed by atoms with Crippen LogP contribution in [-0.4, -0.2) is 21.8 Å². The molecule has 0 saturated carbocycles. The van der Waals surface area contributed by atoms with E-state index < -0.39 is 17.7 Å². The van der Waals surface area contributed by atoms with Crippen molar-refractivity contribution >= 4 is 0 Å². The Bertz CT molecular complexity index is 622. The van der Waals surface area contributed by atoms with Crippen LogP contribution in [0.15, 0.2) is 18.5 Å². The Morgan fingerprint density at radius 1 is 1.29 bits per heavy atom. The van der Waals surface area contributed by atoms with Crippen LogP contribution in [0.2, 0.25) is 0 Å². The van der Waals surface area contributed by atoms with E-state index in [2.05, 4.69) is 15.4 Å². The van der Waals surface area contributed by atoms with E-state index in [9.17, 15) is 8.78 Å². The third kappa shape index (κ3) is 3.10. The summed E-state index contributed by atoms with van der Waals surface area (Å²) in [5.41, 5.74) is 0.479. The highest BCUT2D eigenvalue weighted by Gasteiger charge is 2.23. The molecule has 0 aliphatic heterocycles. The number of halogens is 2. The van der Waals surface area contributed by atoms with Crippen LogP contribution in [0.25, 0.3) is 0 Å². The number of nitrogens with zero attached hydrogens (tertiary/aromatic N) is 3. The van der Waals surface area contributed by atoms with E-state index in [4.69, 9.17) is 0 Å². The maximum atomic E-state index is 14.3. The molecule has 0 aliphatic rings. The highest BCUT2D eigenvalue weighted by molar-refractivity contribution is 5.29. The molecule has 0 saturated heterocycles. The minimum atomic E-state index is -0.548. The van der Waals surface area contributed by atoms with Crippen molar-refractivity contribution in [3.63, 3.8) is 0 Å². The number of likely N-dealkylation sites (N-methyl/N-ethyl adjacent to an activating group) is 1. The van der Waals surface area contributed by atoms with Crippen LogP contribution in [0, 0.1) is 18.6 Å². The predicted molar refractivity (Wildman–Crippen MR) is 77.0 cm³/mol. The normalized spacial score (nSPS) is 12.9. The average molecular weight is 294 g/mol. The van der Waals surface area contributed by atoms with Crippen molar-refractivity contribution in [3.8, 4) is 0 Å². The third-order valence-electron chi connectivity index (χ3n) is 3.54. The molecule has 1 unspecified atom stereocenters. The molecule has 6 heteroatoms. The maximum absolute atomic E-state index is 14.3. The summed E-state index contributed by atoms with van der Waals surface area (Å²) < 4.78 is 30.1. The van der Waals surface area contributed by atoms with E-state index in [-0.39, 0.29) is 11.6 Å². The van der Waals surface area contributed by atoms with E-state index in [1.54, 1.807) is 18.7 Å². The summed E-state index contributed by atoms with van der Waals surface area (Å²) in [6.45, 7) is 5.60. The molecule has 1 N–H and O–H groups in total. The first-order chi connectivity index (χ1) is 9.95. The van der Waals surface area contributed by atoms with E-state index in [1.807, 2.05) is 13.8 Å². The van der Waals surface area contributed by atoms with Crippen molar-refractivity contribution in [2.24, 2.45) is 0 Å². The van der Waals surface area contributed by atoms with Gasteiger partial charge in [-0.1, -0.05) is 6.07 Å². The quantitative estimate of drug-likeness (QED) is 0.922. The summed E-state index contributed by atoms with van der Waals surface area (Å²) in [5.74, 6) is -0.359. The van der Waals surface area contributed by atoms with Gasteiger partial charge in [0.25, 0.3) is 0 Å². The Labute approximate surface area is 123 Å². The zero-order chi connectivity index (χ0) is 15.6. The van der Waals surface area contributed by atoms with E-state index >= 15 is 0 Å². The SMILES string of the molecule is CNC(Cc1ncnn1C(C)C)c1c(F)ccc(C)c1F. The lowest BCUT2D eigenvalue weighted by Crippen LogP contribution is -2.24. The Morgan fingerprint density at radius 3 is 2.62 bits per heavy atom. The largest absolute Gasteiger partial charge is 0.312 e. The molecule has 0 aliphatic carbocycles. The minimum absolute atomic E-state index is 0.0517. The molecule has 0 radical (unpaired) electrons. The van der Waals surface area contributed by atoms with Gasteiger partial charge in [0, 0.05) is 24.1 Å². The van der Waals surface area contributed by atoms with Crippen LogP contribution in [0.3, 0.4) is 0 Å². The second kappa shape index (κ2) is 6.30. The summed E-state index contributed by atoms with van der Waals surface area (Å²) in [4.78, 5) is 4.20. The Hall–Kier alpha value is -1.82. The van der Waals surface area contributed by atoms with Crippen LogP contribution < -0.4 is 5.32 Å². The molecular weight excluding hydrogens is 274 g/mol. The van der Waals surface area contributed by atoms with Crippen LogP contribution in [-0.2, 0) is 6.42 Å². The first kappa shape index (κ1) is 15.6. The number of aryl methyl sites for hydroxylation is 1. The molecule has 0 bridgehead atoms. The minimum Gasteiger partial charge on any atom is -0.312 e. The smallest absolute Gasteiger partial charge is 0.138 e. The second-order valence-corrected chi connectivity index (χ2v) is 5.35. The first-order valence-electron chi connectivity index (χ1n) is 6.95. The molecule has 1 atom stereocenters. The van der Waals surface area contributed by atoms with Gasteiger partial charge in [0.15, 0.2) is 0 Å². The van der Waals surface area contributed by atoms with Crippen LogP contribution in [0.4, 0.5) is 8.78 Å². The Morgan fingerprint density at radius 2 is 2.00 bits per heavy atom. The summed E-state index contributed by atoms with van der Waals surface area (Å²) in [6, 6.07) is 2.39. The molecule has 2 aromatic rings. The summed E-state index contributed by atoms with van der Waals surface area (Å²) in [7, 11) is 1.68. The van der Waals surface area contributed by atoms with E-state index in [0.29, 0.717) is 17.8 Å². The van der Waals surface area contributed by atoms with Gasteiger partial charge in [-0.05, 0) is 39.4 Å². The number of aromatic nitrogens is 3. The van der Waals surface area contributed by atoms with Crippen LogP contribution >= 0.6 is 0 Å². The van der Waals surface area contributed by atoms with Gasteiger partial charge in [-0.15, -0.1) is 0 Å². The lowest BCUT2D eigenvalue weighted by atomic mass is 9.99. The molecule has 21 heavy (non-hydrogen) atoms. The predicted octanol–water partition coefficient (Wildman–Crippen LogP) is 2.95. The van der Waals surface area contributed by atoms with E-state index in [0.717, 1.165) is 0 Å². The van der Waals surface area contributed by atoms with Gasteiger partial charge < -0.3 is 5.32 Å². The molecule has 0 amide bonds. The molecular formula is C15H20F2N4. The molecule has 4 nitrogen and oxygen atoms in total. The number of hydrogen-bond acceptors (Lipinski definition) is 3. The van der Waals surface area contributed by atoms with Gasteiger partial charge in [0.05, 0.1) is 0 Å². The highest BCUT2D eigenvalue weighted by Crippen LogP contribution is 2.26. The van der Waals surface area contributed by atoms with Crippen molar-refractivity contribution in [2.45, 2.75) is 39.3 Å². The van der Waals surface area contributed by atoms with Crippen LogP contribution in [0.1, 0.15) is 42.9 Å². The second-order valence-electron chi connectivity index (χ2n) is 5.35.